The van der Waals surface area contributed by atoms with E-state index < -0.39 is 6.04 Å². The molecule has 1 unspecified atom stereocenters. The number of rotatable bonds is 6. The molecular formula is C16H24N2O3. The standard InChI is InChI=1S/C16H24N2O3/c1-18(17)15(11-13-5-3-2-4-6-13)16(19)21-12-14-7-9-20-10-8-14/h2-6,14-15H,7-12,17H2,1H3. The van der Waals surface area contributed by atoms with Gasteiger partial charge in [0.15, 0.2) is 0 Å². The number of esters is 1. The average Bonchev–Trinajstić information content (AvgIpc) is 2.52. The molecule has 0 spiro atoms. The topological polar surface area (TPSA) is 64.8 Å². The molecule has 1 fully saturated rings. The Labute approximate surface area is 126 Å². The molecule has 1 aromatic rings. The van der Waals surface area contributed by atoms with Crippen LogP contribution in [0.15, 0.2) is 30.3 Å². The van der Waals surface area contributed by atoms with Gasteiger partial charge in [0, 0.05) is 20.3 Å². The summed E-state index contributed by atoms with van der Waals surface area (Å²) in [4.78, 5) is 12.3. The third kappa shape index (κ3) is 5.12. The van der Waals surface area contributed by atoms with Crippen LogP contribution in [0, 0.1) is 5.92 Å². The summed E-state index contributed by atoms with van der Waals surface area (Å²) in [6, 6.07) is 9.39. The van der Waals surface area contributed by atoms with E-state index >= 15 is 0 Å². The minimum absolute atomic E-state index is 0.254. The van der Waals surface area contributed by atoms with Crippen molar-refractivity contribution in [2.75, 3.05) is 26.9 Å². The van der Waals surface area contributed by atoms with Crippen LogP contribution >= 0.6 is 0 Å². The van der Waals surface area contributed by atoms with E-state index in [9.17, 15) is 4.79 Å². The maximum absolute atomic E-state index is 12.3. The molecule has 0 radical (unpaired) electrons. The highest BCUT2D eigenvalue weighted by molar-refractivity contribution is 5.76. The van der Waals surface area contributed by atoms with Gasteiger partial charge in [0.1, 0.15) is 6.04 Å². The Morgan fingerprint density at radius 1 is 1.38 bits per heavy atom. The van der Waals surface area contributed by atoms with Gasteiger partial charge in [-0.25, -0.2) is 5.01 Å². The monoisotopic (exact) mass is 292 g/mol. The molecule has 2 rings (SSSR count). The highest BCUT2D eigenvalue weighted by Gasteiger charge is 2.25. The van der Waals surface area contributed by atoms with Gasteiger partial charge in [-0.1, -0.05) is 30.3 Å². The van der Waals surface area contributed by atoms with Crippen molar-refractivity contribution in [1.82, 2.24) is 5.01 Å². The SMILES string of the molecule is CN(N)C(Cc1ccccc1)C(=O)OCC1CCOCC1. The molecule has 1 aliphatic rings. The van der Waals surface area contributed by atoms with Crippen LogP contribution in [0.1, 0.15) is 18.4 Å². The van der Waals surface area contributed by atoms with Crippen LogP contribution in [0.4, 0.5) is 0 Å². The van der Waals surface area contributed by atoms with Crippen molar-refractivity contribution >= 4 is 5.97 Å². The summed E-state index contributed by atoms with van der Waals surface area (Å²) < 4.78 is 10.8. The van der Waals surface area contributed by atoms with Crippen LogP contribution in [0.25, 0.3) is 0 Å². The Morgan fingerprint density at radius 3 is 2.67 bits per heavy atom. The van der Waals surface area contributed by atoms with Gasteiger partial charge in [-0.05, 0) is 30.7 Å². The second kappa shape index (κ2) is 8.12. The molecule has 5 heteroatoms. The van der Waals surface area contributed by atoms with Crippen LogP contribution in [0.2, 0.25) is 0 Å². The van der Waals surface area contributed by atoms with Crippen molar-refractivity contribution in [2.24, 2.45) is 11.8 Å². The molecule has 116 valence electrons. The molecule has 1 saturated heterocycles. The summed E-state index contributed by atoms with van der Waals surface area (Å²) in [5, 5.41) is 1.43. The van der Waals surface area contributed by atoms with Gasteiger partial charge < -0.3 is 9.47 Å². The minimum atomic E-state index is -0.452. The smallest absolute Gasteiger partial charge is 0.325 e. The first-order valence-electron chi connectivity index (χ1n) is 7.42. The number of nitrogens with zero attached hydrogens (tertiary/aromatic N) is 1. The van der Waals surface area contributed by atoms with E-state index in [2.05, 4.69) is 0 Å². The summed E-state index contributed by atoms with van der Waals surface area (Å²) >= 11 is 0. The first kappa shape index (κ1) is 15.9. The number of carbonyl (C=O) groups excluding carboxylic acids is 1. The predicted molar refractivity (Wildman–Crippen MR) is 80.4 cm³/mol. The van der Waals surface area contributed by atoms with Crippen molar-refractivity contribution in [1.29, 1.82) is 0 Å². The lowest BCUT2D eigenvalue weighted by molar-refractivity contribution is -0.152. The maximum atomic E-state index is 12.3. The lowest BCUT2D eigenvalue weighted by Crippen LogP contribution is -2.45. The van der Waals surface area contributed by atoms with Crippen LogP contribution in [-0.2, 0) is 20.7 Å². The Balaban J connectivity index is 1.86. The molecule has 1 aliphatic heterocycles. The molecule has 0 aliphatic carbocycles. The molecule has 0 saturated carbocycles. The Bertz CT molecular complexity index is 430. The van der Waals surface area contributed by atoms with E-state index in [0.717, 1.165) is 31.6 Å². The fourth-order valence-electron chi connectivity index (χ4n) is 2.44. The normalized spacial score (nSPS) is 17.7. The fourth-order valence-corrected chi connectivity index (χ4v) is 2.44. The quantitative estimate of drug-likeness (QED) is 0.487. The summed E-state index contributed by atoms with van der Waals surface area (Å²) in [5.41, 5.74) is 1.07. The van der Waals surface area contributed by atoms with Gasteiger partial charge in [0.2, 0.25) is 0 Å². The number of hydrogen-bond donors (Lipinski definition) is 1. The van der Waals surface area contributed by atoms with E-state index in [0.29, 0.717) is 18.9 Å². The van der Waals surface area contributed by atoms with Crippen LogP contribution in [-0.4, -0.2) is 43.9 Å². The summed E-state index contributed by atoms with van der Waals surface area (Å²) in [6.07, 6.45) is 2.46. The number of likely N-dealkylation sites (N-methyl/N-ethyl adjacent to an activating group) is 1. The highest BCUT2D eigenvalue weighted by atomic mass is 16.5. The third-order valence-electron chi connectivity index (χ3n) is 3.84. The molecule has 1 heterocycles. The average molecular weight is 292 g/mol. The lowest BCUT2D eigenvalue weighted by Gasteiger charge is -2.25. The van der Waals surface area contributed by atoms with Gasteiger partial charge in [-0.3, -0.25) is 10.6 Å². The number of ether oxygens (including phenoxy) is 2. The fraction of sp³-hybridized carbons (Fsp3) is 0.562. The number of carbonyl (C=O) groups is 1. The molecule has 21 heavy (non-hydrogen) atoms. The molecular weight excluding hydrogens is 268 g/mol. The van der Waals surface area contributed by atoms with Gasteiger partial charge in [-0.15, -0.1) is 0 Å². The van der Waals surface area contributed by atoms with E-state index in [4.69, 9.17) is 15.3 Å². The van der Waals surface area contributed by atoms with Crippen molar-refractivity contribution < 1.29 is 14.3 Å². The van der Waals surface area contributed by atoms with E-state index in [1.807, 2.05) is 30.3 Å². The number of hydrazine groups is 1. The number of hydrogen-bond acceptors (Lipinski definition) is 5. The summed E-state index contributed by atoms with van der Waals surface area (Å²) in [6.45, 7) is 1.97. The lowest BCUT2D eigenvalue weighted by atomic mass is 10.0. The summed E-state index contributed by atoms with van der Waals surface area (Å²) in [7, 11) is 1.70. The second-order valence-corrected chi connectivity index (χ2v) is 5.56. The highest BCUT2D eigenvalue weighted by Crippen LogP contribution is 2.16. The first-order chi connectivity index (χ1) is 10.2. The molecule has 5 nitrogen and oxygen atoms in total. The van der Waals surface area contributed by atoms with Gasteiger partial charge in [-0.2, -0.15) is 0 Å². The van der Waals surface area contributed by atoms with E-state index in [1.54, 1.807) is 7.05 Å². The zero-order valence-electron chi connectivity index (χ0n) is 12.5. The summed E-state index contributed by atoms with van der Waals surface area (Å²) in [5.74, 6) is 5.96. The first-order valence-corrected chi connectivity index (χ1v) is 7.42. The maximum Gasteiger partial charge on any atom is 0.325 e. The van der Waals surface area contributed by atoms with Gasteiger partial charge >= 0.3 is 5.97 Å². The van der Waals surface area contributed by atoms with Gasteiger partial charge in [0.05, 0.1) is 6.61 Å². The van der Waals surface area contributed by atoms with Crippen LogP contribution < -0.4 is 5.84 Å². The zero-order valence-corrected chi connectivity index (χ0v) is 12.5. The molecule has 0 amide bonds. The molecule has 1 aromatic carbocycles. The Hall–Kier alpha value is -1.43. The molecule has 0 bridgehead atoms. The van der Waals surface area contributed by atoms with Crippen molar-refractivity contribution in [3.05, 3.63) is 35.9 Å². The zero-order chi connectivity index (χ0) is 15.1. The van der Waals surface area contributed by atoms with Crippen molar-refractivity contribution in [3.8, 4) is 0 Å². The molecule has 2 N–H and O–H groups in total. The molecule has 1 atom stereocenters. The number of nitrogens with two attached hydrogens (primary N) is 1. The van der Waals surface area contributed by atoms with E-state index in [1.165, 1.54) is 5.01 Å². The van der Waals surface area contributed by atoms with Gasteiger partial charge in [0.25, 0.3) is 0 Å². The second-order valence-electron chi connectivity index (χ2n) is 5.56. The van der Waals surface area contributed by atoms with Crippen LogP contribution in [0.3, 0.4) is 0 Å². The van der Waals surface area contributed by atoms with E-state index in [-0.39, 0.29) is 5.97 Å². The Morgan fingerprint density at radius 2 is 2.05 bits per heavy atom. The minimum Gasteiger partial charge on any atom is -0.464 e. The van der Waals surface area contributed by atoms with Crippen LogP contribution in [0.5, 0.6) is 0 Å². The van der Waals surface area contributed by atoms with Crippen molar-refractivity contribution in [3.63, 3.8) is 0 Å². The molecule has 0 aromatic heterocycles. The van der Waals surface area contributed by atoms with Crippen molar-refractivity contribution in [2.45, 2.75) is 25.3 Å². The Kier molecular flexibility index (Phi) is 6.17. The third-order valence-corrected chi connectivity index (χ3v) is 3.84. The predicted octanol–water partition coefficient (Wildman–Crippen LogP) is 1.37. The largest absolute Gasteiger partial charge is 0.464 e. The number of benzene rings is 1.